The van der Waals surface area contributed by atoms with Gasteiger partial charge in [0.1, 0.15) is 11.9 Å². The highest BCUT2D eigenvalue weighted by atomic mass is 32.2. The van der Waals surface area contributed by atoms with E-state index in [2.05, 4.69) is 75.8 Å². The SMILES string of the molecule is C[n+]1c(C(C)(C)C)c[nH]c1C=CSCC(C)(C)C. The first-order valence-electron chi connectivity index (χ1n) is 6.47. The number of hydrogen-bond donors (Lipinski definition) is 1. The van der Waals surface area contributed by atoms with E-state index >= 15 is 0 Å². The van der Waals surface area contributed by atoms with Crippen molar-refractivity contribution in [3.63, 3.8) is 0 Å². The van der Waals surface area contributed by atoms with Crippen LogP contribution >= 0.6 is 11.8 Å². The van der Waals surface area contributed by atoms with Gasteiger partial charge in [-0.25, -0.2) is 9.55 Å². The number of nitrogens with zero attached hydrogens (tertiary/aromatic N) is 1. The first-order valence-corrected chi connectivity index (χ1v) is 7.52. The van der Waals surface area contributed by atoms with Gasteiger partial charge in [-0.15, -0.1) is 11.8 Å². The second kappa shape index (κ2) is 5.52. The van der Waals surface area contributed by atoms with Crippen molar-refractivity contribution in [2.24, 2.45) is 12.5 Å². The van der Waals surface area contributed by atoms with E-state index in [1.54, 1.807) is 0 Å². The van der Waals surface area contributed by atoms with Crippen LogP contribution in [0.2, 0.25) is 0 Å². The summed E-state index contributed by atoms with van der Waals surface area (Å²) in [4.78, 5) is 3.34. The van der Waals surface area contributed by atoms with Crippen LogP contribution in [0.1, 0.15) is 53.1 Å². The maximum Gasteiger partial charge on any atom is 0.279 e. The Kier molecular flexibility index (Phi) is 4.71. The summed E-state index contributed by atoms with van der Waals surface area (Å²) < 4.78 is 2.23. The molecule has 0 amide bonds. The van der Waals surface area contributed by atoms with Gasteiger partial charge >= 0.3 is 0 Å². The molecule has 0 aliphatic rings. The Balaban J connectivity index is 2.70. The molecule has 0 fully saturated rings. The van der Waals surface area contributed by atoms with Crippen LogP contribution in [0.4, 0.5) is 0 Å². The first kappa shape index (κ1) is 15.4. The minimum absolute atomic E-state index is 0.176. The van der Waals surface area contributed by atoms with Gasteiger partial charge in [-0.3, -0.25) is 0 Å². The van der Waals surface area contributed by atoms with Gasteiger partial charge in [-0.2, -0.15) is 0 Å². The Morgan fingerprint density at radius 1 is 1.22 bits per heavy atom. The number of rotatable bonds is 3. The Morgan fingerprint density at radius 2 is 1.83 bits per heavy atom. The lowest BCUT2D eigenvalue weighted by Crippen LogP contribution is -2.39. The van der Waals surface area contributed by atoms with Gasteiger partial charge in [0.05, 0.1) is 7.05 Å². The summed E-state index contributed by atoms with van der Waals surface area (Å²) in [5.74, 6) is 2.29. The van der Waals surface area contributed by atoms with E-state index < -0.39 is 0 Å². The van der Waals surface area contributed by atoms with Gasteiger partial charge in [0.2, 0.25) is 0 Å². The number of H-pyrrole nitrogens is 1. The summed E-state index contributed by atoms with van der Waals surface area (Å²) in [7, 11) is 2.12. The van der Waals surface area contributed by atoms with Crippen molar-refractivity contribution in [2.75, 3.05) is 5.75 Å². The fourth-order valence-electron chi connectivity index (χ4n) is 1.76. The van der Waals surface area contributed by atoms with Gasteiger partial charge in [-0.1, -0.05) is 41.5 Å². The number of thioether (sulfide) groups is 1. The summed E-state index contributed by atoms with van der Waals surface area (Å²) in [6.07, 6.45) is 4.26. The highest BCUT2D eigenvalue weighted by Gasteiger charge is 2.24. The molecule has 1 aromatic rings. The second-order valence-electron chi connectivity index (χ2n) is 7.04. The molecule has 0 unspecified atom stereocenters. The first-order chi connectivity index (χ1) is 8.11. The molecule has 3 heteroatoms. The molecule has 102 valence electrons. The molecular weight excluding hydrogens is 240 g/mol. The monoisotopic (exact) mass is 267 g/mol. The van der Waals surface area contributed by atoms with Crippen molar-refractivity contribution in [3.8, 4) is 0 Å². The largest absolute Gasteiger partial charge is 0.279 e. The lowest BCUT2D eigenvalue weighted by molar-refractivity contribution is -0.682. The molecule has 0 radical (unpaired) electrons. The zero-order valence-electron chi connectivity index (χ0n) is 12.8. The van der Waals surface area contributed by atoms with Gasteiger partial charge in [0.25, 0.3) is 5.82 Å². The summed E-state index contributed by atoms with van der Waals surface area (Å²) in [6, 6.07) is 0. The quantitative estimate of drug-likeness (QED) is 0.824. The molecule has 0 aliphatic carbocycles. The summed E-state index contributed by atoms with van der Waals surface area (Å²) >= 11 is 1.87. The molecule has 0 atom stereocenters. The van der Waals surface area contributed by atoms with E-state index in [1.165, 1.54) is 5.69 Å². The van der Waals surface area contributed by atoms with Crippen LogP contribution in [-0.2, 0) is 12.5 Å². The van der Waals surface area contributed by atoms with Crippen LogP contribution in [0, 0.1) is 5.41 Å². The molecule has 0 saturated heterocycles. The van der Waals surface area contributed by atoms with Gasteiger partial charge in [0.15, 0.2) is 0 Å². The normalized spacial score (nSPS) is 13.5. The average Bonchev–Trinajstić information content (AvgIpc) is 2.53. The maximum absolute atomic E-state index is 3.34. The molecule has 2 nitrogen and oxygen atoms in total. The van der Waals surface area contributed by atoms with Crippen molar-refractivity contribution < 1.29 is 4.57 Å². The zero-order chi connectivity index (χ0) is 14.0. The lowest BCUT2D eigenvalue weighted by Gasteiger charge is -2.15. The third-order valence-corrected chi connectivity index (χ3v) is 4.05. The predicted octanol–water partition coefficient (Wildman–Crippen LogP) is 3.89. The van der Waals surface area contributed by atoms with Crippen LogP contribution in [0.25, 0.3) is 6.08 Å². The highest BCUT2D eigenvalue weighted by molar-refractivity contribution is 8.02. The van der Waals surface area contributed by atoms with Crippen LogP contribution in [0.5, 0.6) is 0 Å². The molecule has 0 bridgehead atoms. The average molecular weight is 267 g/mol. The molecule has 0 saturated carbocycles. The zero-order valence-corrected chi connectivity index (χ0v) is 13.6. The number of aromatic amines is 1. The van der Waals surface area contributed by atoms with E-state index in [4.69, 9.17) is 0 Å². The fraction of sp³-hybridized carbons (Fsp3) is 0.667. The topological polar surface area (TPSA) is 19.7 Å². The summed E-state index contributed by atoms with van der Waals surface area (Å²) in [5, 5.41) is 2.18. The molecule has 1 rings (SSSR count). The minimum Gasteiger partial charge on any atom is -0.243 e. The maximum atomic E-state index is 3.34. The smallest absolute Gasteiger partial charge is 0.243 e. The predicted molar refractivity (Wildman–Crippen MR) is 81.6 cm³/mol. The van der Waals surface area contributed by atoms with Crippen molar-refractivity contribution >= 4 is 17.8 Å². The lowest BCUT2D eigenvalue weighted by atomic mass is 9.93. The Labute approximate surface area is 116 Å². The molecule has 1 aromatic heterocycles. The van der Waals surface area contributed by atoms with E-state index in [0.717, 1.165) is 11.6 Å². The van der Waals surface area contributed by atoms with Crippen LogP contribution in [0.3, 0.4) is 0 Å². The summed E-state index contributed by atoms with van der Waals surface area (Å²) in [6.45, 7) is 13.5. The van der Waals surface area contributed by atoms with E-state index in [-0.39, 0.29) is 5.41 Å². The molecule has 1 heterocycles. The standard InChI is InChI=1S/C15H26N2S/c1-14(2,3)11-18-9-8-13-16-10-12(17(13)7)15(4,5)6/h8-10H,11H2,1-7H3/p+1. The van der Waals surface area contributed by atoms with E-state index in [9.17, 15) is 0 Å². The summed E-state index contributed by atoms with van der Waals surface area (Å²) in [5.41, 5.74) is 1.88. The number of nitrogens with one attached hydrogen (secondary N) is 1. The van der Waals surface area contributed by atoms with Crippen LogP contribution in [-0.4, -0.2) is 10.7 Å². The number of hydrogen-bond acceptors (Lipinski definition) is 1. The molecule has 0 aromatic carbocycles. The number of aromatic nitrogens is 2. The van der Waals surface area contributed by atoms with Gasteiger partial charge in [0, 0.05) is 17.2 Å². The molecule has 1 N–H and O–H groups in total. The third kappa shape index (κ3) is 4.52. The Bertz CT molecular complexity index is 417. The fourth-order valence-corrected chi connectivity index (χ4v) is 2.58. The van der Waals surface area contributed by atoms with Crippen molar-refractivity contribution in [3.05, 3.63) is 23.1 Å². The molecule has 0 aliphatic heterocycles. The van der Waals surface area contributed by atoms with Crippen molar-refractivity contribution in [2.45, 2.75) is 47.0 Å². The Hall–Kier alpha value is -0.700. The van der Waals surface area contributed by atoms with E-state index in [1.807, 2.05) is 11.8 Å². The highest BCUT2D eigenvalue weighted by Crippen LogP contribution is 2.22. The van der Waals surface area contributed by atoms with Crippen molar-refractivity contribution in [1.82, 2.24) is 4.98 Å². The minimum atomic E-state index is 0.176. The Morgan fingerprint density at radius 3 is 2.28 bits per heavy atom. The molecular formula is C15H27N2S+. The molecule has 18 heavy (non-hydrogen) atoms. The third-order valence-electron chi connectivity index (χ3n) is 2.69. The number of imidazole rings is 1. The second-order valence-corrected chi connectivity index (χ2v) is 7.94. The van der Waals surface area contributed by atoms with Crippen LogP contribution < -0.4 is 4.57 Å². The van der Waals surface area contributed by atoms with E-state index in [0.29, 0.717) is 5.41 Å². The van der Waals surface area contributed by atoms with Crippen LogP contribution in [0.15, 0.2) is 11.6 Å². The van der Waals surface area contributed by atoms with Gasteiger partial charge in [-0.05, 0) is 10.8 Å². The van der Waals surface area contributed by atoms with Gasteiger partial charge < -0.3 is 0 Å². The van der Waals surface area contributed by atoms with Crippen molar-refractivity contribution in [1.29, 1.82) is 0 Å². The molecule has 0 spiro atoms.